The van der Waals surface area contributed by atoms with Crippen molar-refractivity contribution in [1.82, 2.24) is 4.98 Å². The lowest BCUT2D eigenvalue weighted by Gasteiger charge is -2.16. The summed E-state index contributed by atoms with van der Waals surface area (Å²) in [6.45, 7) is 6.78. The largest absolute Gasteiger partial charge is 0.256 e. The second kappa shape index (κ2) is 7.90. The molecule has 1 nitrogen and oxygen atoms in total. The van der Waals surface area contributed by atoms with Gasteiger partial charge in [0.05, 0.1) is 5.69 Å². The van der Waals surface area contributed by atoms with Gasteiger partial charge in [-0.05, 0) is 59.4 Å². The predicted octanol–water partition coefficient (Wildman–Crippen LogP) is 8.68. The number of hydrogen-bond acceptors (Lipinski definition) is 2. The van der Waals surface area contributed by atoms with Gasteiger partial charge in [-0.2, -0.15) is 0 Å². The van der Waals surface area contributed by atoms with Crippen molar-refractivity contribution < 1.29 is 4.39 Å². The maximum atomic E-state index is 14.3. The Balaban J connectivity index is 1.59. The number of fused-ring (bicyclic) bond motifs is 3. The van der Waals surface area contributed by atoms with Gasteiger partial charge in [0.1, 0.15) is 5.82 Å². The van der Waals surface area contributed by atoms with Crippen molar-refractivity contribution in [3.63, 3.8) is 0 Å². The third-order valence-electron chi connectivity index (χ3n) is 6.26. The predicted molar refractivity (Wildman–Crippen MR) is 131 cm³/mol. The Kier molecular flexibility index (Phi) is 5.07. The van der Waals surface area contributed by atoms with Gasteiger partial charge in [-0.25, -0.2) is 4.39 Å². The SMILES string of the molecule is CC(C)C(C)c1ccnc(-c2ccc3c(c2)sc2ccc(-c4ccccc4F)cc23)c1. The molecule has 3 aromatic carbocycles. The number of rotatable bonds is 4. The zero-order valence-electron chi connectivity index (χ0n) is 17.9. The molecule has 1 atom stereocenters. The molecule has 0 amide bonds. The number of thiophene rings is 1. The van der Waals surface area contributed by atoms with E-state index in [1.54, 1.807) is 17.4 Å². The van der Waals surface area contributed by atoms with E-state index in [4.69, 9.17) is 0 Å². The van der Waals surface area contributed by atoms with E-state index in [9.17, 15) is 4.39 Å². The molecule has 0 fully saturated rings. The first-order valence-corrected chi connectivity index (χ1v) is 11.5. The van der Waals surface area contributed by atoms with Crippen LogP contribution < -0.4 is 0 Å². The van der Waals surface area contributed by atoms with Gasteiger partial charge in [-0.3, -0.25) is 4.98 Å². The summed E-state index contributed by atoms with van der Waals surface area (Å²) in [5, 5.41) is 2.37. The van der Waals surface area contributed by atoms with Gasteiger partial charge < -0.3 is 0 Å². The second-order valence-corrected chi connectivity index (χ2v) is 9.59. The minimum atomic E-state index is -0.190. The average Bonchev–Trinajstić information content (AvgIpc) is 3.16. The summed E-state index contributed by atoms with van der Waals surface area (Å²) in [5.74, 6) is 0.890. The van der Waals surface area contributed by atoms with Gasteiger partial charge >= 0.3 is 0 Å². The fourth-order valence-corrected chi connectivity index (χ4v) is 5.20. The van der Waals surface area contributed by atoms with Crippen LogP contribution in [0.25, 0.3) is 42.6 Å². The van der Waals surface area contributed by atoms with E-state index in [2.05, 4.69) is 68.2 Å². The van der Waals surface area contributed by atoms with Crippen molar-refractivity contribution in [2.45, 2.75) is 26.7 Å². The first-order chi connectivity index (χ1) is 15.0. The molecule has 3 heteroatoms. The van der Waals surface area contributed by atoms with Crippen LogP contribution in [-0.2, 0) is 0 Å². The van der Waals surface area contributed by atoms with Crippen LogP contribution in [0.2, 0.25) is 0 Å². The Morgan fingerprint density at radius 1 is 0.774 bits per heavy atom. The van der Waals surface area contributed by atoms with Crippen LogP contribution in [-0.4, -0.2) is 4.98 Å². The molecule has 0 aliphatic heterocycles. The lowest BCUT2D eigenvalue weighted by molar-refractivity contribution is 0.535. The van der Waals surface area contributed by atoms with Crippen LogP contribution in [0.3, 0.4) is 0 Å². The molecule has 154 valence electrons. The van der Waals surface area contributed by atoms with Gasteiger partial charge in [0.2, 0.25) is 0 Å². The number of aromatic nitrogens is 1. The fourth-order valence-electron chi connectivity index (χ4n) is 4.07. The maximum absolute atomic E-state index is 14.3. The Morgan fingerprint density at radius 2 is 1.58 bits per heavy atom. The Hall–Kier alpha value is -3.04. The minimum absolute atomic E-state index is 0.190. The molecule has 2 heterocycles. The van der Waals surface area contributed by atoms with Gasteiger partial charge in [-0.1, -0.05) is 57.2 Å². The monoisotopic (exact) mass is 425 g/mol. The highest BCUT2D eigenvalue weighted by Crippen LogP contribution is 2.38. The molecule has 0 bridgehead atoms. The molecule has 0 saturated heterocycles. The molecular formula is C28H24FNS. The Labute approximate surface area is 186 Å². The normalized spacial score (nSPS) is 12.7. The fraction of sp³-hybridized carbons (Fsp3) is 0.179. The molecule has 0 N–H and O–H groups in total. The summed E-state index contributed by atoms with van der Waals surface area (Å²) < 4.78 is 16.7. The molecule has 1 unspecified atom stereocenters. The number of pyridine rings is 1. The average molecular weight is 426 g/mol. The van der Waals surface area contributed by atoms with E-state index in [0.29, 0.717) is 17.4 Å². The third kappa shape index (κ3) is 3.64. The molecule has 5 aromatic rings. The van der Waals surface area contributed by atoms with Crippen LogP contribution in [0.4, 0.5) is 4.39 Å². The van der Waals surface area contributed by atoms with Crippen molar-refractivity contribution in [2.75, 3.05) is 0 Å². The zero-order chi connectivity index (χ0) is 21.5. The van der Waals surface area contributed by atoms with E-state index in [1.807, 2.05) is 24.4 Å². The summed E-state index contributed by atoms with van der Waals surface area (Å²) in [6, 6.07) is 24.1. The highest BCUT2D eigenvalue weighted by molar-refractivity contribution is 7.25. The van der Waals surface area contributed by atoms with Crippen LogP contribution in [0.5, 0.6) is 0 Å². The highest BCUT2D eigenvalue weighted by Gasteiger charge is 2.13. The van der Waals surface area contributed by atoms with Crippen molar-refractivity contribution in [3.8, 4) is 22.4 Å². The molecule has 0 radical (unpaired) electrons. The summed E-state index contributed by atoms with van der Waals surface area (Å²) >= 11 is 1.77. The highest BCUT2D eigenvalue weighted by atomic mass is 32.1. The molecule has 0 spiro atoms. The molecule has 2 aromatic heterocycles. The van der Waals surface area contributed by atoms with Crippen molar-refractivity contribution in [2.24, 2.45) is 5.92 Å². The third-order valence-corrected chi connectivity index (χ3v) is 7.40. The lowest BCUT2D eigenvalue weighted by atomic mass is 9.90. The number of halogens is 1. The van der Waals surface area contributed by atoms with Gasteiger partial charge in [-0.15, -0.1) is 11.3 Å². The standard InChI is InChI=1S/C28H24FNS/c1-17(2)18(3)19-12-13-30-26(15-19)21-8-10-23-24-14-20(22-6-4-5-7-25(22)29)9-11-27(24)31-28(23)16-21/h4-18H,1-3H3. The first kappa shape index (κ1) is 19.9. The van der Waals surface area contributed by atoms with Crippen LogP contribution in [0.1, 0.15) is 32.3 Å². The van der Waals surface area contributed by atoms with Gasteiger partial charge in [0, 0.05) is 37.5 Å². The summed E-state index contributed by atoms with van der Waals surface area (Å²) in [5.41, 5.74) is 5.01. The van der Waals surface area contributed by atoms with E-state index in [-0.39, 0.29) is 5.82 Å². The van der Waals surface area contributed by atoms with E-state index in [1.165, 1.54) is 31.8 Å². The number of nitrogens with zero attached hydrogens (tertiary/aromatic N) is 1. The molecule has 0 aliphatic carbocycles. The molecular weight excluding hydrogens is 401 g/mol. The minimum Gasteiger partial charge on any atom is -0.256 e. The summed E-state index contributed by atoms with van der Waals surface area (Å²) in [4.78, 5) is 4.64. The zero-order valence-corrected chi connectivity index (χ0v) is 18.7. The molecule has 0 aliphatic rings. The van der Waals surface area contributed by atoms with Gasteiger partial charge in [0.25, 0.3) is 0 Å². The molecule has 31 heavy (non-hydrogen) atoms. The quantitative estimate of drug-likeness (QED) is 0.281. The molecule has 0 saturated carbocycles. The van der Waals surface area contributed by atoms with Crippen LogP contribution >= 0.6 is 11.3 Å². The second-order valence-electron chi connectivity index (χ2n) is 8.51. The Morgan fingerprint density at radius 3 is 2.39 bits per heavy atom. The van der Waals surface area contributed by atoms with E-state index >= 15 is 0 Å². The van der Waals surface area contributed by atoms with E-state index in [0.717, 1.165) is 16.8 Å². The van der Waals surface area contributed by atoms with Crippen molar-refractivity contribution in [3.05, 3.63) is 90.4 Å². The van der Waals surface area contributed by atoms with Crippen molar-refractivity contribution >= 4 is 31.5 Å². The Bertz CT molecular complexity index is 1400. The smallest absolute Gasteiger partial charge is 0.131 e. The van der Waals surface area contributed by atoms with Crippen LogP contribution in [0.15, 0.2) is 79.0 Å². The topological polar surface area (TPSA) is 12.9 Å². The van der Waals surface area contributed by atoms with Crippen LogP contribution in [0, 0.1) is 11.7 Å². The van der Waals surface area contributed by atoms with Crippen molar-refractivity contribution in [1.29, 1.82) is 0 Å². The number of hydrogen-bond donors (Lipinski definition) is 0. The summed E-state index contributed by atoms with van der Waals surface area (Å²) in [7, 11) is 0. The number of benzene rings is 3. The van der Waals surface area contributed by atoms with Gasteiger partial charge in [0.15, 0.2) is 0 Å². The van der Waals surface area contributed by atoms with E-state index < -0.39 is 0 Å². The first-order valence-electron chi connectivity index (χ1n) is 10.7. The summed E-state index contributed by atoms with van der Waals surface area (Å²) in [6.07, 6.45) is 1.92. The molecule has 5 rings (SSSR count). The lowest BCUT2D eigenvalue weighted by Crippen LogP contribution is -2.02. The maximum Gasteiger partial charge on any atom is 0.131 e.